The highest BCUT2D eigenvalue weighted by Gasteiger charge is 2.25. The van der Waals surface area contributed by atoms with Gasteiger partial charge in [0.15, 0.2) is 0 Å². The summed E-state index contributed by atoms with van der Waals surface area (Å²) in [6.45, 7) is 8.27. The first kappa shape index (κ1) is 18.8. The highest BCUT2D eigenvalue weighted by molar-refractivity contribution is 5.14. The molecule has 2 heterocycles. The summed E-state index contributed by atoms with van der Waals surface area (Å²) in [5.74, 6) is 0. The average molecular weight is 348 g/mol. The molecule has 0 aromatic heterocycles. The molecule has 2 fully saturated rings. The van der Waals surface area contributed by atoms with E-state index in [2.05, 4.69) is 52.1 Å². The van der Waals surface area contributed by atoms with Crippen molar-refractivity contribution in [3.05, 3.63) is 35.9 Å². The smallest absolute Gasteiger partial charge is 0.0793 e. The van der Waals surface area contributed by atoms with Crippen LogP contribution in [0, 0.1) is 0 Å². The number of hydrogen-bond acceptors (Lipinski definition) is 5. The molecule has 2 atom stereocenters. The molecular weight excluding hydrogens is 314 g/mol. The number of hydrogen-bond donors (Lipinski definition) is 1. The number of morpholine rings is 1. The molecule has 0 aliphatic carbocycles. The molecule has 5 heteroatoms. The number of likely N-dealkylation sites (tertiary alicyclic amines) is 1. The van der Waals surface area contributed by atoms with Gasteiger partial charge in [0.1, 0.15) is 0 Å². The largest absolute Gasteiger partial charge is 0.390 e. The molecule has 2 aliphatic heterocycles. The molecule has 25 heavy (non-hydrogen) atoms. The predicted molar refractivity (Wildman–Crippen MR) is 101 cm³/mol. The van der Waals surface area contributed by atoms with Gasteiger partial charge in [0, 0.05) is 45.3 Å². The molecule has 1 aromatic carbocycles. The van der Waals surface area contributed by atoms with Crippen LogP contribution in [0.25, 0.3) is 0 Å². The zero-order valence-corrected chi connectivity index (χ0v) is 15.5. The molecular formula is C20H33N3O2. The third-order valence-electron chi connectivity index (χ3n) is 5.42. The lowest BCUT2D eigenvalue weighted by molar-refractivity contribution is 0.00173. The maximum Gasteiger partial charge on any atom is 0.0793 e. The second kappa shape index (κ2) is 9.64. The minimum absolute atomic E-state index is 0.285. The van der Waals surface area contributed by atoms with Crippen LogP contribution in [-0.2, 0) is 11.3 Å². The van der Waals surface area contributed by atoms with Crippen molar-refractivity contribution in [1.82, 2.24) is 14.7 Å². The summed E-state index contributed by atoms with van der Waals surface area (Å²) >= 11 is 0. The van der Waals surface area contributed by atoms with Gasteiger partial charge in [-0.05, 0) is 32.0 Å². The van der Waals surface area contributed by atoms with Crippen LogP contribution in [0.15, 0.2) is 30.3 Å². The summed E-state index contributed by atoms with van der Waals surface area (Å²) in [5, 5.41) is 10.5. The molecule has 0 bridgehead atoms. The van der Waals surface area contributed by atoms with E-state index in [0.29, 0.717) is 6.04 Å². The summed E-state index contributed by atoms with van der Waals surface area (Å²) < 4.78 is 5.38. The lowest BCUT2D eigenvalue weighted by atomic mass is 10.0. The molecule has 0 amide bonds. The molecule has 0 radical (unpaired) electrons. The number of β-amino-alcohol motifs (C(OH)–C–C–N with tert-alkyl or cyclic N) is 1. The number of piperidine rings is 1. The van der Waals surface area contributed by atoms with Gasteiger partial charge in [0.25, 0.3) is 0 Å². The van der Waals surface area contributed by atoms with E-state index in [1.807, 2.05) is 0 Å². The van der Waals surface area contributed by atoms with Crippen LogP contribution in [0.4, 0.5) is 0 Å². The first-order valence-electron chi connectivity index (χ1n) is 9.65. The first-order valence-corrected chi connectivity index (χ1v) is 9.65. The highest BCUT2D eigenvalue weighted by atomic mass is 16.5. The van der Waals surface area contributed by atoms with Crippen molar-refractivity contribution in [1.29, 1.82) is 0 Å². The van der Waals surface area contributed by atoms with Crippen molar-refractivity contribution < 1.29 is 9.84 Å². The Morgan fingerprint density at radius 1 is 1.16 bits per heavy atom. The van der Waals surface area contributed by atoms with Gasteiger partial charge in [-0.1, -0.05) is 30.3 Å². The molecule has 1 aromatic rings. The van der Waals surface area contributed by atoms with Crippen molar-refractivity contribution in [2.24, 2.45) is 0 Å². The van der Waals surface area contributed by atoms with Gasteiger partial charge >= 0.3 is 0 Å². The van der Waals surface area contributed by atoms with Gasteiger partial charge in [-0.2, -0.15) is 0 Å². The Kier molecular flexibility index (Phi) is 7.25. The van der Waals surface area contributed by atoms with E-state index < -0.39 is 0 Å². The van der Waals surface area contributed by atoms with Crippen LogP contribution in [-0.4, -0.2) is 91.5 Å². The summed E-state index contributed by atoms with van der Waals surface area (Å²) in [6, 6.07) is 11.3. The maximum atomic E-state index is 10.5. The third-order valence-corrected chi connectivity index (χ3v) is 5.42. The van der Waals surface area contributed by atoms with Crippen molar-refractivity contribution >= 4 is 0 Å². The number of likely N-dealkylation sites (N-methyl/N-ethyl adjacent to an activating group) is 1. The van der Waals surface area contributed by atoms with Crippen molar-refractivity contribution in [2.75, 3.05) is 59.5 Å². The minimum atomic E-state index is -0.285. The lowest BCUT2D eigenvalue weighted by Gasteiger charge is -2.39. The van der Waals surface area contributed by atoms with E-state index in [4.69, 9.17) is 4.74 Å². The van der Waals surface area contributed by atoms with Gasteiger partial charge in [-0.3, -0.25) is 14.7 Å². The summed E-state index contributed by atoms with van der Waals surface area (Å²) in [6.07, 6.45) is 2.18. The Bertz CT molecular complexity index is 493. The zero-order chi connectivity index (χ0) is 17.5. The molecule has 0 spiro atoms. The second-order valence-electron chi connectivity index (χ2n) is 7.52. The van der Waals surface area contributed by atoms with Crippen LogP contribution in [0.3, 0.4) is 0 Å². The molecule has 2 unspecified atom stereocenters. The molecule has 140 valence electrons. The van der Waals surface area contributed by atoms with E-state index in [1.54, 1.807) is 0 Å². The third kappa shape index (κ3) is 6.04. The number of benzene rings is 1. The van der Waals surface area contributed by atoms with Gasteiger partial charge in [-0.15, -0.1) is 0 Å². The fourth-order valence-electron chi connectivity index (χ4n) is 4.00. The zero-order valence-electron chi connectivity index (χ0n) is 15.5. The Balaban J connectivity index is 1.43. The number of aliphatic hydroxyl groups excluding tert-OH is 1. The Hall–Kier alpha value is -0.980. The van der Waals surface area contributed by atoms with Crippen molar-refractivity contribution in [3.63, 3.8) is 0 Å². The normalized spacial score (nSPS) is 24.5. The summed E-state index contributed by atoms with van der Waals surface area (Å²) in [4.78, 5) is 7.22. The Morgan fingerprint density at radius 2 is 1.92 bits per heavy atom. The SMILES string of the molecule is CN(CC(O)CN1CCOCC1)C1CCCN(Cc2ccccc2)C1. The number of nitrogens with zero attached hydrogens (tertiary/aromatic N) is 3. The standard InChI is InChI=1S/C20H33N3O2/c1-21(16-20(24)17-22-10-12-25-13-11-22)19-8-5-9-23(15-19)14-18-6-3-2-4-7-18/h2-4,6-7,19-20,24H,5,8-17H2,1H3. The van der Waals surface area contributed by atoms with E-state index in [-0.39, 0.29) is 6.10 Å². The number of aliphatic hydroxyl groups is 1. The van der Waals surface area contributed by atoms with E-state index in [9.17, 15) is 5.11 Å². The van der Waals surface area contributed by atoms with Crippen molar-refractivity contribution in [2.45, 2.75) is 31.5 Å². The predicted octanol–water partition coefficient (Wildman–Crippen LogP) is 1.28. The Labute approximate surface area is 152 Å². The topological polar surface area (TPSA) is 39.2 Å². The van der Waals surface area contributed by atoms with Crippen LogP contribution in [0.1, 0.15) is 18.4 Å². The summed E-state index contributed by atoms with van der Waals surface area (Å²) in [5.41, 5.74) is 1.39. The lowest BCUT2D eigenvalue weighted by Crippen LogP contribution is -2.50. The summed E-state index contributed by atoms with van der Waals surface area (Å²) in [7, 11) is 2.17. The molecule has 1 N–H and O–H groups in total. The van der Waals surface area contributed by atoms with Gasteiger partial charge in [0.05, 0.1) is 19.3 Å². The number of rotatable bonds is 7. The molecule has 3 rings (SSSR count). The molecule has 0 saturated carbocycles. The van der Waals surface area contributed by atoms with Gasteiger partial charge in [0.2, 0.25) is 0 Å². The maximum absolute atomic E-state index is 10.5. The minimum Gasteiger partial charge on any atom is -0.390 e. The van der Waals surface area contributed by atoms with E-state index in [1.165, 1.54) is 24.9 Å². The second-order valence-corrected chi connectivity index (χ2v) is 7.52. The van der Waals surface area contributed by atoms with Crippen LogP contribution >= 0.6 is 0 Å². The monoisotopic (exact) mass is 347 g/mol. The van der Waals surface area contributed by atoms with E-state index >= 15 is 0 Å². The highest BCUT2D eigenvalue weighted by Crippen LogP contribution is 2.17. The fraction of sp³-hybridized carbons (Fsp3) is 0.700. The van der Waals surface area contributed by atoms with Crippen LogP contribution < -0.4 is 0 Å². The first-order chi connectivity index (χ1) is 12.2. The fourth-order valence-corrected chi connectivity index (χ4v) is 4.00. The van der Waals surface area contributed by atoms with Crippen LogP contribution in [0.5, 0.6) is 0 Å². The molecule has 2 saturated heterocycles. The quantitative estimate of drug-likeness (QED) is 0.804. The van der Waals surface area contributed by atoms with E-state index in [0.717, 1.165) is 52.5 Å². The van der Waals surface area contributed by atoms with Crippen molar-refractivity contribution in [3.8, 4) is 0 Å². The average Bonchev–Trinajstić information content (AvgIpc) is 2.63. The van der Waals surface area contributed by atoms with Gasteiger partial charge in [-0.25, -0.2) is 0 Å². The van der Waals surface area contributed by atoms with Crippen LogP contribution in [0.2, 0.25) is 0 Å². The molecule has 5 nitrogen and oxygen atoms in total. The Morgan fingerprint density at radius 3 is 2.68 bits per heavy atom. The van der Waals surface area contributed by atoms with Gasteiger partial charge < -0.3 is 9.84 Å². The number of ether oxygens (including phenoxy) is 1. The molecule has 2 aliphatic rings.